The SMILES string of the molecule is CN1Cc2cc(NC(N)=S)ccc2NC1=O. The molecule has 6 heteroatoms. The first-order chi connectivity index (χ1) is 7.56. The summed E-state index contributed by atoms with van der Waals surface area (Å²) in [6.07, 6.45) is 0. The molecule has 0 spiro atoms. The van der Waals surface area contributed by atoms with Crippen molar-refractivity contribution in [1.29, 1.82) is 0 Å². The standard InChI is InChI=1S/C10H12N4OS/c1-14-5-6-4-7(12-9(11)16)2-3-8(6)13-10(14)15/h2-4H,5H2,1H3,(H,13,15)(H3,11,12,16). The molecule has 84 valence electrons. The maximum Gasteiger partial charge on any atom is 0.321 e. The second-order valence-electron chi connectivity index (χ2n) is 3.65. The Balaban J connectivity index is 2.29. The van der Waals surface area contributed by atoms with E-state index in [1.165, 1.54) is 0 Å². The predicted octanol–water partition coefficient (Wildman–Crippen LogP) is 1.32. The van der Waals surface area contributed by atoms with Crippen LogP contribution >= 0.6 is 12.2 Å². The second kappa shape index (κ2) is 3.97. The molecule has 2 amide bonds. The van der Waals surface area contributed by atoms with Crippen LogP contribution in [0.4, 0.5) is 16.2 Å². The highest BCUT2D eigenvalue weighted by Gasteiger charge is 2.19. The fraction of sp³-hybridized carbons (Fsp3) is 0.200. The Morgan fingerprint density at radius 2 is 2.38 bits per heavy atom. The van der Waals surface area contributed by atoms with Crippen molar-refractivity contribution in [2.75, 3.05) is 17.7 Å². The van der Waals surface area contributed by atoms with Crippen molar-refractivity contribution < 1.29 is 4.79 Å². The number of nitrogens with one attached hydrogen (secondary N) is 2. The lowest BCUT2D eigenvalue weighted by Crippen LogP contribution is -2.35. The zero-order chi connectivity index (χ0) is 11.7. The van der Waals surface area contributed by atoms with Crippen molar-refractivity contribution in [2.24, 2.45) is 5.73 Å². The Kier molecular flexibility index (Phi) is 2.66. The lowest BCUT2D eigenvalue weighted by Gasteiger charge is -2.26. The number of hydrogen-bond donors (Lipinski definition) is 3. The summed E-state index contributed by atoms with van der Waals surface area (Å²) in [5.74, 6) is 0. The summed E-state index contributed by atoms with van der Waals surface area (Å²) in [5, 5.41) is 5.87. The number of urea groups is 1. The van der Waals surface area contributed by atoms with Gasteiger partial charge in [0.05, 0.1) is 0 Å². The Morgan fingerprint density at radius 1 is 1.62 bits per heavy atom. The van der Waals surface area contributed by atoms with Gasteiger partial charge in [-0.05, 0) is 36.0 Å². The van der Waals surface area contributed by atoms with Gasteiger partial charge in [-0.15, -0.1) is 0 Å². The zero-order valence-electron chi connectivity index (χ0n) is 8.78. The summed E-state index contributed by atoms with van der Waals surface area (Å²) in [4.78, 5) is 13.0. The Morgan fingerprint density at radius 3 is 3.06 bits per heavy atom. The third kappa shape index (κ3) is 2.06. The van der Waals surface area contributed by atoms with E-state index in [0.717, 1.165) is 16.9 Å². The summed E-state index contributed by atoms with van der Waals surface area (Å²) < 4.78 is 0. The van der Waals surface area contributed by atoms with Crippen LogP contribution < -0.4 is 16.4 Å². The van der Waals surface area contributed by atoms with Gasteiger partial charge in [0.15, 0.2) is 5.11 Å². The van der Waals surface area contributed by atoms with Crippen LogP contribution in [0.2, 0.25) is 0 Å². The molecule has 16 heavy (non-hydrogen) atoms. The summed E-state index contributed by atoms with van der Waals surface area (Å²) in [7, 11) is 1.74. The molecule has 0 saturated heterocycles. The van der Waals surface area contributed by atoms with Gasteiger partial charge < -0.3 is 21.3 Å². The van der Waals surface area contributed by atoms with Gasteiger partial charge in [0.25, 0.3) is 0 Å². The largest absolute Gasteiger partial charge is 0.376 e. The molecule has 0 aromatic heterocycles. The minimum atomic E-state index is -0.0949. The van der Waals surface area contributed by atoms with Crippen LogP contribution in [-0.4, -0.2) is 23.1 Å². The summed E-state index contributed by atoms with van der Waals surface area (Å²) >= 11 is 4.76. The van der Waals surface area contributed by atoms with Crippen LogP contribution in [0.1, 0.15) is 5.56 Å². The quantitative estimate of drug-likeness (QED) is 0.643. The van der Waals surface area contributed by atoms with Crippen molar-refractivity contribution in [3.05, 3.63) is 23.8 Å². The Labute approximate surface area is 98.6 Å². The Hall–Kier alpha value is -1.82. The molecule has 0 atom stereocenters. The number of nitrogens with zero attached hydrogens (tertiary/aromatic N) is 1. The molecule has 0 unspecified atom stereocenters. The molecule has 1 aliphatic heterocycles. The summed E-state index contributed by atoms with van der Waals surface area (Å²) in [5.41, 5.74) is 8.08. The molecule has 0 bridgehead atoms. The topological polar surface area (TPSA) is 70.4 Å². The molecule has 0 radical (unpaired) electrons. The molecule has 0 fully saturated rings. The number of amides is 2. The molecule has 1 aliphatic rings. The van der Waals surface area contributed by atoms with Crippen LogP contribution in [0.3, 0.4) is 0 Å². The van der Waals surface area contributed by atoms with Gasteiger partial charge in [0.2, 0.25) is 0 Å². The first-order valence-corrected chi connectivity index (χ1v) is 5.18. The van der Waals surface area contributed by atoms with E-state index in [9.17, 15) is 4.79 Å². The number of fused-ring (bicyclic) bond motifs is 1. The van der Waals surface area contributed by atoms with E-state index in [2.05, 4.69) is 10.6 Å². The molecule has 4 N–H and O–H groups in total. The fourth-order valence-electron chi connectivity index (χ4n) is 1.60. The van der Waals surface area contributed by atoms with Crippen molar-refractivity contribution in [2.45, 2.75) is 6.54 Å². The average Bonchev–Trinajstić information content (AvgIpc) is 2.19. The van der Waals surface area contributed by atoms with Crippen molar-refractivity contribution in [1.82, 2.24) is 4.90 Å². The minimum Gasteiger partial charge on any atom is -0.376 e. The molecular weight excluding hydrogens is 224 g/mol. The van der Waals surface area contributed by atoms with Crippen LogP contribution in [0.5, 0.6) is 0 Å². The van der Waals surface area contributed by atoms with E-state index < -0.39 is 0 Å². The minimum absolute atomic E-state index is 0.0949. The van der Waals surface area contributed by atoms with Crippen molar-refractivity contribution in [3.8, 4) is 0 Å². The predicted molar refractivity (Wildman–Crippen MR) is 67.3 cm³/mol. The van der Waals surface area contributed by atoms with E-state index in [-0.39, 0.29) is 11.1 Å². The maximum atomic E-state index is 11.4. The van der Waals surface area contributed by atoms with Crippen molar-refractivity contribution in [3.63, 3.8) is 0 Å². The fourth-order valence-corrected chi connectivity index (χ4v) is 1.72. The van der Waals surface area contributed by atoms with E-state index in [1.807, 2.05) is 18.2 Å². The van der Waals surface area contributed by atoms with Gasteiger partial charge in [-0.25, -0.2) is 4.79 Å². The first-order valence-electron chi connectivity index (χ1n) is 4.78. The summed E-state index contributed by atoms with van der Waals surface area (Å²) in [6.45, 7) is 0.577. The van der Waals surface area contributed by atoms with Crippen molar-refractivity contribution >= 4 is 34.7 Å². The monoisotopic (exact) mass is 236 g/mol. The van der Waals surface area contributed by atoms with E-state index in [4.69, 9.17) is 18.0 Å². The molecule has 2 rings (SSSR count). The number of thiocarbonyl (C=S) groups is 1. The highest BCUT2D eigenvalue weighted by Crippen LogP contribution is 2.25. The number of carbonyl (C=O) groups is 1. The molecule has 1 heterocycles. The molecular formula is C10H12N4OS. The second-order valence-corrected chi connectivity index (χ2v) is 4.09. The van der Waals surface area contributed by atoms with Gasteiger partial charge >= 0.3 is 6.03 Å². The van der Waals surface area contributed by atoms with E-state index >= 15 is 0 Å². The first kappa shape index (κ1) is 10.7. The highest BCUT2D eigenvalue weighted by molar-refractivity contribution is 7.80. The number of hydrogen-bond acceptors (Lipinski definition) is 2. The lowest BCUT2D eigenvalue weighted by molar-refractivity contribution is 0.218. The zero-order valence-corrected chi connectivity index (χ0v) is 9.60. The van der Waals surface area contributed by atoms with E-state index in [0.29, 0.717) is 6.54 Å². The number of anilines is 2. The third-order valence-corrected chi connectivity index (χ3v) is 2.47. The van der Waals surface area contributed by atoms with Crippen LogP contribution in [0.25, 0.3) is 0 Å². The molecule has 1 aromatic carbocycles. The maximum absolute atomic E-state index is 11.4. The lowest BCUT2D eigenvalue weighted by atomic mass is 10.1. The molecule has 0 saturated carbocycles. The molecule has 1 aromatic rings. The van der Waals surface area contributed by atoms with Gasteiger partial charge in [-0.1, -0.05) is 0 Å². The van der Waals surface area contributed by atoms with E-state index in [1.54, 1.807) is 11.9 Å². The number of rotatable bonds is 1. The van der Waals surface area contributed by atoms with Gasteiger partial charge in [0, 0.05) is 25.0 Å². The normalized spacial score (nSPS) is 14.1. The Bertz CT molecular complexity index is 460. The third-order valence-electron chi connectivity index (χ3n) is 2.37. The molecule has 5 nitrogen and oxygen atoms in total. The summed E-state index contributed by atoms with van der Waals surface area (Å²) in [6, 6.07) is 5.48. The van der Waals surface area contributed by atoms with Crippen LogP contribution in [0.15, 0.2) is 18.2 Å². The number of carbonyl (C=O) groups excluding carboxylic acids is 1. The highest BCUT2D eigenvalue weighted by atomic mass is 32.1. The number of benzene rings is 1. The van der Waals surface area contributed by atoms with Crippen LogP contribution in [0, 0.1) is 0 Å². The molecule has 0 aliphatic carbocycles. The van der Waals surface area contributed by atoms with Gasteiger partial charge in [-0.2, -0.15) is 0 Å². The average molecular weight is 236 g/mol. The van der Waals surface area contributed by atoms with Crippen LogP contribution in [-0.2, 0) is 6.54 Å². The van der Waals surface area contributed by atoms with Gasteiger partial charge in [-0.3, -0.25) is 0 Å². The number of nitrogens with two attached hydrogens (primary N) is 1. The smallest absolute Gasteiger partial charge is 0.321 e. The van der Waals surface area contributed by atoms with Gasteiger partial charge in [0.1, 0.15) is 0 Å².